The first kappa shape index (κ1) is 14.9. The summed E-state index contributed by atoms with van der Waals surface area (Å²) in [5, 5.41) is 0. The standard InChI is InChI=1S/C26H24S/c1-4-10-20(11-5-1)27(21-12-6-2-7-13-21,22-14-8-3-9-15-22)18-23-24(25(23)27)26-16-19(26)17-26/h1-15,19,23-24H,16-18H2. The Morgan fingerprint density at radius 1 is 0.630 bits per heavy atom. The van der Waals surface area contributed by atoms with Crippen LogP contribution in [0.3, 0.4) is 0 Å². The van der Waals surface area contributed by atoms with Crippen molar-refractivity contribution in [2.45, 2.75) is 27.5 Å². The maximum absolute atomic E-state index is 2.43. The summed E-state index contributed by atoms with van der Waals surface area (Å²) in [6.07, 6.45) is 3.03. The van der Waals surface area contributed by atoms with Gasteiger partial charge in [-0.3, -0.25) is 0 Å². The molecule has 7 rings (SSSR count). The highest BCUT2D eigenvalue weighted by Crippen LogP contribution is 2.95. The maximum Gasteiger partial charge on any atom is 0.000796 e. The molecule has 0 nitrogen and oxygen atoms in total. The summed E-state index contributed by atoms with van der Waals surface area (Å²) < 4.78 is 0. The van der Waals surface area contributed by atoms with Gasteiger partial charge in [-0.2, -0.15) is 8.75 Å². The molecule has 1 aliphatic heterocycles. The Bertz CT molecular complexity index is 1030. The number of hydrogen-bond acceptors (Lipinski definition) is 0. The van der Waals surface area contributed by atoms with Crippen LogP contribution < -0.4 is 0 Å². The molecule has 1 heterocycles. The highest BCUT2D eigenvalue weighted by atomic mass is 32.3. The van der Waals surface area contributed by atoms with Crippen LogP contribution in [-0.4, -0.2) is 10.6 Å². The van der Waals surface area contributed by atoms with E-state index in [4.69, 9.17) is 0 Å². The van der Waals surface area contributed by atoms with Crippen molar-refractivity contribution in [1.82, 2.24) is 0 Å². The summed E-state index contributed by atoms with van der Waals surface area (Å²) >= 11 is 0. The van der Waals surface area contributed by atoms with Gasteiger partial charge in [0.2, 0.25) is 0 Å². The van der Waals surface area contributed by atoms with Gasteiger partial charge in [0.1, 0.15) is 0 Å². The largest absolute Gasteiger partial charge is 0.173 e. The fourth-order valence-electron chi connectivity index (χ4n) is 6.64. The Hall–Kier alpha value is -2.12. The molecule has 0 aromatic heterocycles. The van der Waals surface area contributed by atoms with Crippen LogP contribution in [0, 0.1) is 23.2 Å². The fraction of sp³-hybridized carbons (Fsp3) is 0.269. The zero-order valence-corrected chi connectivity index (χ0v) is 16.2. The van der Waals surface area contributed by atoms with Crippen molar-refractivity contribution < 1.29 is 0 Å². The van der Waals surface area contributed by atoms with E-state index < -0.39 is 8.75 Å². The van der Waals surface area contributed by atoms with Crippen LogP contribution in [0.15, 0.2) is 106 Å². The molecule has 0 spiro atoms. The third-order valence-electron chi connectivity index (χ3n) is 8.15. The molecule has 3 aromatic rings. The number of fused-ring (bicyclic) bond motifs is 2. The second kappa shape index (κ2) is 4.47. The lowest BCUT2D eigenvalue weighted by atomic mass is 10.1. The lowest BCUT2D eigenvalue weighted by molar-refractivity contribution is 0.546. The normalized spacial score (nSPS) is 37.0. The third-order valence-corrected chi connectivity index (χ3v) is 14.7. The lowest BCUT2D eigenvalue weighted by Gasteiger charge is -2.56. The number of benzene rings is 3. The first-order valence-electron chi connectivity index (χ1n) is 10.3. The second-order valence-corrected chi connectivity index (χ2v) is 13.7. The molecule has 3 saturated carbocycles. The molecule has 2 unspecified atom stereocenters. The van der Waals surface area contributed by atoms with Crippen molar-refractivity contribution in [2.75, 3.05) is 5.75 Å². The summed E-state index contributed by atoms with van der Waals surface area (Å²) in [7, 11) is -2.11. The predicted octanol–water partition coefficient (Wildman–Crippen LogP) is 6.35. The van der Waals surface area contributed by atoms with Gasteiger partial charge >= 0.3 is 0 Å². The number of rotatable bonds is 4. The summed E-state index contributed by atoms with van der Waals surface area (Å²) in [5.41, 5.74) is 0.742. The molecule has 0 N–H and O–H groups in total. The molecule has 0 saturated heterocycles. The lowest BCUT2D eigenvalue weighted by Crippen LogP contribution is -2.27. The van der Waals surface area contributed by atoms with Gasteiger partial charge in [0.05, 0.1) is 0 Å². The predicted molar refractivity (Wildman–Crippen MR) is 114 cm³/mol. The molecule has 3 fully saturated rings. The number of hydrogen-bond donors (Lipinski definition) is 0. The fourth-order valence-corrected chi connectivity index (χ4v) is 13.9. The Morgan fingerprint density at radius 3 is 1.41 bits per heavy atom. The van der Waals surface area contributed by atoms with Crippen molar-refractivity contribution >= 4 is 13.6 Å². The zero-order valence-electron chi connectivity index (χ0n) is 15.4. The average molecular weight is 369 g/mol. The maximum atomic E-state index is 2.43. The Kier molecular flexibility index (Phi) is 2.46. The SMILES string of the molecule is c1ccc(S2(c3ccccc3)(c3ccccc3)=C3C(C2)C3C23CC2C3)cc1. The zero-order chi connectivity index (χ0) is 17.7. The van der Waals surface area contributed by atoms with Gasteiger partial charge in [-0.05, 0) is 91.8 Å². The minimum absolute atomic E-state index is 0.742. The van der Waals surface area contributed by atoms with E-state index in [1.54, 1.807) is 14.7 Å². The van der Waals surface area contributed by atoms with Crippen LogP contribution in [-0.2, 0) is 0 Å². The van der Waals surface area contributed by atoms with Crippen molar-refractivity contribution in [3.63, 3.8) is 0 Å². The van der Waals surface area contributed by atoms with Gasteiger partial charge in [0, 0.05) is 5.92 Å². The van der Waals surface area contributed by atoms with E-state index in [2.05, 4.69) is 91.0 Å². The minimum Gasteiger partial charge on any atom is -0.173 e. The highest BCUT2D eigenvalue weighted by molar-refractivity contribution is 8.49. The van der Waals surface area contributed by atoms with E-state index in [0.717, 1.165) is 23.2 Å². The van der Waals surface area contributed by atoms with Crippen LogP contribution >= 0.6 is 8.75 Å². The molecule has 4 aliphatic rings. The third kappa shape index (κ3) is 1.48. The quantitative estimate of drug-likeness (QED) is 0.471. The van der Waals surface area contributed by atoms with E-state index in [1.807, 2.05) is 4.86 Å². The van der Waals surface area contributed by atoms with Crippen molar-refractivity contribution in [3.8, 4) is 0 Å². The van der Waals surface area contributed by atoms with Crippen molar-refractivity contribution in [2.24, 2.45) is 23.2 Å². The molecule has 0 radical (unpaired) electrons. The van der Waals surface area contributed by atoms with Gasteiger partial charge < -0.3 is 0 Å². The van der Waals surface area contributed by atoms with Crippen molar-refractivity contribution in [1.29, 1.82) is 0 Å². The van der Waals surface area contributed by atoms with E-state index in [9.17, 15) is 0 Å². The molecule has 1 heteroatoms. The first-order chi connectivity index (χ1) is 13.3. The molecule has 2 atom stereocenters. The van der Waals surface area contributed by atoms with E-state index in [-0.39, 0.29) is 0 Å². The Morgan fingerprint density at radius 2 is 1.04 bits per heavy atom. The monoisotopic (exact) mass is 368 g/mol. The highest BCUT2D eigenvalue weighted by Gasteiger charge is 2.83. The van der Waals surface area contributed by atoms with Gasteiger partial charge in [-0.25, -0.2) is 0 Å². The summed E-state index contributed by atoms with van der Waals surface area (Å²) in [6.45, 7) is 0. The first-order valence-corrected chi connectivity index (χ1v) is 12.5. The molecule has 134 valence electrons. The van der Waals surface area contributed by atoms with Crippen LogP contribution in [0.2, 0.25) is 0 Å². The molecule has 0 bridgehead atoms. The van der Waals surface area contributed by atoms with Crippen LogP contribution in [0.4, 0.5) is 0 Å². The van der Waals surface area contributed by atoms with Gasteiger partial charge in [0.25, 0.3) is 0 Å². The molecule has 27 heavy (non-hydrogen) atoms. The van der Waals surface area contributed by atoms with Crippen LogP contribution in [0.25, 0.3) is 0 Å². The van der Waals surface area contributed by atoms with Crippen molar-refractivity contribution in [3.05, 3.63) is 91.0 Å². The topological polar surface area (TPSA) is 0 Å². The smallest absolute Gasteiger partial charge is 0.000796 e. The van der Waals surface area contributed by atoms with Gasteiger partial charge in [0.15, 0.2) is 0 Å². The minimum atomic E-state index is -2.11. The van der Waals surface area contributed by atoms with Gasteiger partial charge in [-0.1, -0.05) is 54.6 Å². The molecular formula is C26H24S. The second-order valence-electron chi connectivity index (χ2n) is 9.12. The molecule has 3 aliphatic carbocycles. The Balaban J connectivity index is 1.65. The van der Waals surface area contributed by atoms with Gasteiger partial charge in [-0.15, -0.1) is 0 Å². The van der Waals surface area contributed by atoms with E-state index >= 15 is 0 Å². The van der Waals surface area contributed by atoms with Crippen LogP contribution in [0.5, 0.6) is 0 Å². The summed E-state index contributed by atoms with van der Waals surface area (Å²) in [4.78, 5) is 6.68. The summed E-state index contributed by atoms with van der Waals surface area (Å²) in [5.74, 6) is 4.22. The van der Waals surface area contributed by atoms with E-state index in [0.29, 0.717) is 0 Å². The van der Waals surface area contributed by atoms with Crippen LogP contribution in [0.1, 0.15) is 12.8 Å². The molecular weight excluding hydrogens is 344 g/mol. The summed E-state index contributed by atoms with van der Waals surface area (Å²) in [6, 6.07) is 34.6. The van der Waals surface area contributed by atoms with E-state index in [1.165, 1.54) is 18.6 Å². The average Bonchev–Trinajstić information content (AvgIpc) is 3.63. The molecule has 3 aromatic carbocycles. The molecule has 0 amide bonds. The Labute approximate surface area is 161 Å².